The number of nitrogens with one attached hydrogen (secondary N) is 3. The van der Waals surface area contributed by atoms with E-state index in [1.54, 1.807) is 42.3 Å². The van der Waals surface area contributed by atoms with Gasteiger partial charge in [0.15, 0.2) is 13.1 Å². The van der Waals surface area contributed by atoms with Crippen molar-refractivity contribution in [2.75, 3.05) is 42.3 Å². The molecular formula is C23H29N4O4+. The van der Waals surface area contributed by atoms with Crippen molar-refractivity contribution in [3.63, 3.8) is 0 Å². The third-order valence-electron chi connectivity index (χ3n) is 5.29. The molecule has 0 saturated heterocycles. The smallest absolute Gasteiger partial charge is 0.282 e. The minimum Gasteiger partial charge on any atom is -0.497 e. The molecule has 1 unspecified atom stereocenters. The van der Waals surface area contributed by atoms with Crippen LogP contribution in [0.3, 0.4) is 0 Å². The number of rotatable bonds is 7. The number of para-hydroxylation sites is 2. The first-order valence-electron chi connectivity index (χ1n) is 10.4. The number of hydrogen-bond acceptors (Lipinski definition) is 4. The lowest BCUT2D eigenvalue weighted by molar-refractivity contribution is -0.881. The quantitative estimate of drug-likeness (QED) is 0.624. The van der Waals surface area contributed by atoms with Crippen molar-refractivity contribution >= 4 is 34.8 Å². The van der Waals surface area contributed by atoms with Crippen molar-refractivity contribution in [3.8, 4) is 5.75 Å². The molecule has 0 radical (unpaired) electrons. The normalized spacial score (nSPS) is 16.5. The number of anilines is 3. The molecule has 3 rings (SSSR count). The van der Waals surface area contributed by atoms with Crippen LogP contribution >= 0.6 is 0 Å². The van der Waals surface area contributed by atoms with E-state index in [0.29, 0.717) is 29.4 Å². The lowest BCUT2D eigenvalue weighted by Crippen LogP contribution is -3.14. The van der Waals surface area contributed by atoms with E-state index in [-0.39, 0.29) is 43.3 Å². The average Bonchev–Trinajstić information content (AvgIpc) is 2.87. The van der Waals surface area contributed by atoms with Gasteiger partial charge in [-0.25, -0.2) is 0 Å². The number of benzene rings is 2. The largest absolute Gasteiger partial charge is 0.497 e. The van der Waals surface area contributed by atoms with Crippen LogP contribution in [0.4, 0.5) is 17.1 Å². The second-order valence-corrected chi connectivity index (χ2v) is 7.62. The molecule has 164 valence electrons. The lowest BCUT2D eigenvalue weighted by Gasteiger charge is -2.29. The number of hydrogen-bond donors (Lipinski definition) is 3. The highest BCUT2D eigenvalue weighted by Gasteiger charge is 2.31. The number of carbonyl (C=O) groups is 3. The average molecular weight is 426 g/mol. The monoisotopic (exact) mass is 425 g/mol. The van der Waals surface area contributed by atoms with E-state index >= 15 is 0 Å². The zero-order valence-electron chi connectivity index (χ0n) is 18.1. The Morgan fingerprint density at radius 3 is 2.71 bits per heavy atom. The topological polar surface area (TPSA) is 92.2 Å². The van der Waals surface area contributed by atoms with Gasteiger partial charge >= 0.3 is 0 Å². The van der Waals surface area contributed by atoms with E-state index in [9.17, 15) is 14.4 Å². The highest BCUT2D eigenvalue weighted by atomic mass is 16.5. The fourth-order valence-electron chi connectivity index (χ4n) is 3.71. The van der Waals surface area contributed by atoms with E-state index < -0.39 is 0 Å². The van der Waals surface area contributed by atoms with Crippen LogP contribution in [0.5, 0.6) is 5.75 Å². The summed E-state index contributed by atoms with van der Waals surface area (Å²) >= 11 is 0. The molecule has 0 saturated carbocycles. The number of amides is 3. The van der Waals surface area contributed by atoms with Gasteiger partial charge < -0.3 is 25.2 Å². The lowest BCUT2D eigenvalue weighted by atomic mass is 10.1. The number of methoxy groups -OCH3 is 1. The second-order valence-electron chi connectivity index (χ2n) is 7.62. The molecule has 0 spiro atoms. The van der Waals surface area contributed by atoms with E-state index in [0.717, 1.165) is 4.90 Å². The Morgan fingerprint density at radius 2 is 1.97 bits per heavy atom. The van der Waals surface area contributed by atoms with Crippen molar-refractivity contribution in [1.82, 2.24) is 0 Å². The van der Waals surface area contributed by atoms with Gasteiger partial charge in [-0.1, -0.05) is 18.2 Å². The van der Waals surface area contributed by atoms with Gasteiger partial charge in [0.1, 0.15) is 5.75 Å². The van der Waals surface area contributed by atoms with Crippen LogP contribution < -0.4 is 25.2 Å². The maximum Gasteiger partial charge on any atom is 0.282 e. The van der Waals surface area contributed by atoms with Gasteiger partial charge in [0.05, 0.1) is 25.0 Å². The van der Waals surface area contributed by atoms with Crippen LogP contribution in [0, 0.1) is 0 Å². The number of ether oxygens (including phenoxy) is 1. The van der Waals surface area contributed by atoms with Crippen molar-refractivity contribution in [3.05, 3.63) is 48.5 Å². The molecular weight excluding hydrogens is 396 g/mol. The molecule has 2 aromatic carbocycles. The van der Waals surface area contributed by atoms with Crippen molar-refractivity contribution in [2.24, 2.45) is 0 Å². The first-order chi connectivity index (χ1) is 14.9. The standard InChI is InChI=1S/C23H28N4O4/c1-4-26(14-22(29)24-17-8-7-9-18(13-17)31-3)15-23(30)27-16(2)12-21(28)25-19-10-5-6-11-20(19)27/h5-11,13,16H,4,12,14-15H2,1-3H3,(H,24,29)(H,25,28)/p+1/t16-/m1/s1. The van der Waals surface area contributed by atoms with Crippen molar-refractivity contribution < 1.29 is 24.0 Å². The zero-order valence-corrected chi connectivity index (χ0v) is 18.1. The predicted octanol–water partition coefficient (Wildman–Crippen LogP) is 1.30. The maximum atomic E-state index is 13.2. The Balaban J connectivity index is 1.68. The highest BCUT2D eigenvalue weighted by molar-refractivity contribution is 6.04. The van der Waals surface area contributed by atoms with Gasteiger partial charge in [0, 0.05) is 24.2 Å². The second kappa shape index (κ2) is 10.1. The summed E-state index contributed by atoms with van der Waals surface area (Å²) in [6, 6.07) is 14.1. The minimum absolute atomic E-state index is 0.118. The Kier molecular flexibility index (Phi) is 7.25. The molecule has 1 aliphatic heterocycles. The maximum absolute atomic E-state index is 13.2. The van der Waals surface area contributed by atoms with Gasteiger partial charge in [-0.15, -0.1) is 0 Å². The third-order valence-corrected chi connectivity index (χ3v) is 5.29. The van der Waals surface area contributed by atoms with Crippen LogP contribution in [0.1, 0.15) is 20.3 Å². The number of nitrogens with zero attached hydrogens (tertiary/aromatic N) is 1. The summed E-state index contributed by atoms with van der Waals surface area (Å²) in [5.41, 5.74) is 1.95. The first kappa shape index (κ1) is 22.3. The Labute approximate surface area is 182 Å². The van der Waals surface area contributed by atoms with Crippen LogP contribution in [-0.2, 0) is 14.4 Å². The van der Waals surface area contributed by atoms with Crippen molar-refractivity contribution in [2.45, 2.75) is 26.3 Å². The number of likely N-dealkylation sites (N-methyl/N-ethyl adjacent to an activating group) is 1. The summed E-state index contributed by atoms with van der Waals surface area (Å²) in [7, 11) is 1.57. The van der Waals surface area contributed by atoms with E-state index in [1.165, 1.54) is 0 Å². The molecule has 3 N–H and O–H groups in total. The van der Waals surface area contributed by atoms with Gasteiger partial charge in [-0.05, 0) is 38.1 Å². The molecule has 2 aromatic rings. The molecule has 3 amide bonds. The Hall–Kier alpha value is -3.39. The molecule has 0 aromatic heterocycles. The van der Waals surface area contributed by atoms with E-state index in [1.807, 2.05) is 32.0 Å². The zero-order chi connectivity index (χ0) is 22.4. The number of carbonyl (C=O) groups excluding carboxylic acids is 3. The molecule has 8 heteroatoms. The molecule has 1 aliphatic rings. The Bertz CT molecular complexity index is 962. The summed E-state index contributed by atoms with van der Waals surface area (Å²) in [5.74, 6) is 0.235. The summed E-state index contributed by atoms with van der Waals surface area (Å²) in [6.45, 7) is 4.71. The molecule has 0 fully saturated rings. The number of fused-ring (bicyclic) bond motifs is 1. The summed E-state index contributed by atoms with van der Waals surface area (Å²) in [5, 5.41) is 5.71. The van der Waals surface area contributed by atoms with Gasteiger partial charge in [-0.3, -0.25) is 14.4 Å². The fourth-order valence-corrected chi connectivity index (χ4v) is 3.71. The third kappa shape index (κ3) is 5.61. The molecule has 0 aliphatic carbocycles. The molecule has 1 heterocycles. The summed E-state index contributed by atoms with van der Waals surface area (Å²) < 4.78 is 5.18. The van der Waals surface area contributed by atoms with Crippen molar-refractivity contribution in [1.29, 1.82) is 0 Å². The van der Waals surface area contributed by atoms with Crippen LogP contribution in [-0.4, -0.2) is 50.5 Å². The van der Waals surface area contributed by atoms with Gasteiger partial charge in [0.25, 0.3) is 11.8 Å². The predicted molar refractivity (Wildman–Crippen MR) is 119 cm³/mol. The number of quaternary nitrogens is 1. The molecule has 31 heavy (non-hydrogen) atoms. The Morgan fingerprint density at radius 1 is 1.19 bits per heavy atom. The molecule has 0 bridgehead atoms. The van der Waals surface area contributed by atoms with Gasteiger partial charge in [0.2, 0.25) is 5.91 Å². The molecule has 2 atom stereocenters. The summed E-state index contributed by atoms with van der Waals surface area (Å²) in [4.78, 5) is 40.4. The molecule has 8 nitrogen and oxygen atoms in total. The van der Waals surface area contributed by atoms with Crippen LogP contribution in [0.15, 0.2) is 48.5 Å². The SMILES string of the molecule is CC[NH+](CC(=O)Nc1cccc(OC)c1)CC(=O)N1c2ccccc2NC(=O)C[C@H]1C. The van der Waals surface area contributed by atoms with Gasteiger partial charge in [-0.2, -0.15) is 0 Å². The van der Waals surface area contributed by atoms with E-state index in [4.69, 9.17) is 4.74 Å². The minimum atomic E-state index is -0.278. The highest BCUT2D eigenvalue weighted by Crippen LogP contribution is 2.31. The first-order valence-corrected chi connectivity index (χ1v) is 10.4. The van der Waals surface area contributed by atoms with E-state index in [2.05, 4.69) is 10.6 Å². The van der Waals surface area contributed by atoms with Crippen LogP contribution in [0.25, 0.3) is 0 Å². The fraction of sp³-hybridized carbons (Fsp3) is 0.348. The van der Waals surface area contributed by atoms with Crippen LogP contribution in [0.2, 0.25) is 0 Å². The summed E-state index contributed by atoms with van der Waals surface area (Å²) in [6.07, 6.45) is 0.220.